The second-order valence-electron chi connectivity index (χ2n) is 12.3. The summed E-state index contributed by atoms with van der Waals surface area (Å²) in [5, 5.41) is 0. The van der Waals surface area contributed by atoms with Crippen molar-refractivity contribution in [1.29, 1.82) is 0 Å². The van der Waals surface area contributed by atoms with Gasteiger partial charge in [-0.05, 0) is 128 Å². The lowest BCUT2D eigenvalue weighted by atomic mass is 9.78. The van der Waals surface area contributed by atoms with Crippen molar-refractivity contribution in [3.05, 3.63) is 87.2 Å². The van der Waals surface area contributed by atoms with Gasteiger partial charge in [0.05, 0.1) is 0 Å². The molecule has 212 valence electrons. The molecule has 0 heterocycles. The Labute approximate surface area is 240 Å². The van der Waals surface area contributed by atoms with Crippen LogP contribution in [-0.4, -0.2) is 0 Å². The predicted molar refractivity (Wildman–Crippen MR) is 172 cm³/mol. The van der Waals surface area contributed by atoms with Gasteiger partial charge < -0.3 is 5.73 Å². The zero-order chi connectivity index (χ0) is 27.5. The van der Waals surface area contributed by atoms with Crippen LogP contribution in [-0.2, 0) is 12.8 Å². The second-order valence-corrected chi connectivity index (χ2v) is 12.3. The van der Waals surface area contributed by atoms with Crippen molar-refractivity contribution in [1.82, 2.24) is 0 Å². The molecule has 0 bridgehead atoms. The SMILES string of the molecule is CCCCCCc1cc(C2C=CCCC2)c(CCCCCC)cc1C1=CC(CC)=C(C2=CC=C(N)CC2)CC1. The van der Waals surface area contributed by atoms with Gasteiger partial charge in [0.1, 0.15) is 0 Å². The van der Waals surface area contributed by atoms with Gasteiger partial charge in [0.15, 0.2) is 0 Å². The number of benzene rings is 1. The molecule has 0 aliphatic heterocycles. The lowest BCUT2D eigenvalue weighted by molar-refractivity contribution is 0.632. The van der Waals surface area contributed by atoms with Crippen LogP contribution < -0.4 is 5.73 Å². The number of hydrogen-bond donors (Lipinski definition) is 1. The molecule has 3 aliphatic rings. The molecular weight excluding hydrogens is 470 g/mol. The molecule has 1 heteroatoms. The Morgan fingerprint density at radius 2 is 1.51 bits per heavy atom. The molecule has 0 aromatic heterocycles. The van der Waals surface area contributed by atoms with Crippen LogP contribution in [0.5, 0.6) is 0 Å². The van der Waals surface area contributed by atoms with Crippen LogP contribution >= 0.6 is 0 Å². The van der Waals surface area contributed by atoms with Crippen LogP contribution in [0.4, 0.5) is 0 Å². The predicted octanol–water partition coefficient (Wildman–Crippen LogP) is 11.2. The number of nitrogens with two attached hydrogens (primary N) is 1. The number of hydrogen-bond acceptors (Lipinski definition) is 1. The Kier molecular flexibility index (Phi) is 11.8. The van der Waals surface area contributed by atoms with Crippen molar-refractivity contribution in [2.24, 2.45) is 5.73 Å². The highest BCUT2D eigenvalue weighted by Crippen LogP contribution is 2.41. The summed E-state index contributed by atoms with van der Waals surface area (Å²) in [6.07, 6.45) is 34.5. The van der Waals surface area contributed by atoms with Crippen LogP contribution in [0.2, 0.25) is 0 Å². The smallest absolute Gasteiger partial charge is 0.00838 e. The average Bonchev–Trinajstić information content (AvgIpc) is 2.98. The summed E-state index contributed by atoms with van der Waals surface area (Å²) in [6.45, 7) is 6.98. The maximum atomic E-state index is 6.08. The van der Waals surface area contributed by atoms with Crippen molar-refractivity contribution < 1.29 is 0 Å². The van der Waals surface area contributed by atoms with Gasteiger partial charge in [-0.3, -0.25) is 0 Å². The first-order valence-corrected chi connectivity index (χ1v) is 16.5. The number of unbranched alkanes of at least 4 members (excludes halogenated alkanes) is 6. The van der Waals surface area contributed by atoms with E-state index in [4.69, 9.17) is 5.73 Å². The molecular formula is C38H55N. The van der Waals surface area contributed by atoms with Crippen molar-refractivity contribution in [2.45, 2.75) is 142 Å². The Hall–Kier alpha value is -2.28. The fraction of sp³-hybridized carbons (Fsp3) is 0.579. The minimum Gasteiger partial charge on any atom is -0.402 e. The summed E-state index contributed by atoms with van der Waals surface area (Å²) < 4.78 is 0. The van der Waals surface area contributed by atoms with Gasteiger partial charge in [0.25, 0.3) is 0 Å². The lowest BCUT2D eigenvalue weighted by Gasteiger charge is -2.27. The highest BCUT2D eigenvalue weighted by Gasteiger charge is 2.22. The molecule has 39 heavy (non-hydrogen) atoms. The molecule has 0 fully saturated rings. The van der Waals surface area contributed by atoms with Gasteiger partial charge >= 0.3 is 0 Å². The van der Waals surface area contributed by atoms with E-state index >= 15 is 0 Å². The van der Waals surface area contributed by atoms with Gasteiger partial charge in [-0.1, -0.05) is 95.7 Å². The van der Waals surface area contributed by atoms with Crippen LogP contribution in [0.1, 0.15) is 152 Å². The van der Waals surface area contributed by atoms with E-state index in [1.54, 1.807) is 39.0 Å². The molecule has 1 unspecified atom stereocenters. The normalized spacial score (nSPS) is 19.7. The largest absolute Gasteiger partial charge is 0.402 e. The van der Waals surface area contributed by atoms with Crippen molar-refractivity contribution in [2.75, 3.05) is 0 Å². The molecule has 0 radical (unpaired) electrons. The fourth-order valence-corrected chi connectivity index (χ4v) is 6.92. The Morgan fingerprint density at radius 1 is 0.769 bits per heavy atom. The van der Waals surface area contributed by atoms with Crippen molar-refractivity contribution in [3.63, 3.8) is 0 Å². The maximum absolute atomic E-state index is 6.08. The van der Waals surface area contributed by atoms with Gasteiger partial charge in [-0.25, -0.2) is 0 Å². The Morgan fingerprint density at radius 3 is 2.15 bits per heavy atom. The van der Waals surface area contributed by atoms with Crippen LogP contribution in [0.25, 0.3) is 5.57 Å². The van der Waals surface area contributed by atoms with E-state index in [-0.39, 0.29) is 0 Å². The van der Waals surface area contributed by atoms with Crippen LogP contribution in [0.3, 0.4) is 0 Å². The first-order valence-electron chi connectivity index (χ1n) is 16.5. The van der Waals surface area contributed by atoms with E-state index in [2.05, 4.69) is 63.3 Å². The summed E-state index contributed by atoms with van der Waals surface area (Å²) in [6, 6.07) is 5.35. The first-order chi connectivity index (χ1) is 19.1. The minimum absolute atomic E-state index is 0.611. The van der Waals surface area contributed by atoms with Gasteiger partial charge in [0, 0.05) is 11.6 Å². The van der Waals surface area contributed by atoms with Gasteiger partial charge in [0.2, 0.25) is 0 Å². The summed E-state index contributed by atoms with van der Waals surface area (Å²) in [5.74, 6) is 0.611. The van der Waals surface area contributed by atoms with E-state index in [0.717, 1.165) is 31.4 Å². The average molecular weight is 526 g/mol. The summed E-state index contributed by atoms with van der Waals surface area (Å²) in [7, 11) is 0. The van der Waals surface area contributed by atoms with E-state index in [1.807, 2.05) is 0 Å². The third kappa shape index (κ3) is 8.12. The van der Waals surface area contributed by atoms with Crippen molar-refractivity contribution in [3.8, 4) is 0 Å². The number of rotatable bonds is 14. The van der Waals surface area contributed by atoms with Crippen molar-refractivity contribution >= 4 is 5.57 Å². The molecule has 1 aromatic rings. The standard InChI is InChI=1S/C38H55N/c1-4-7-9-12-18-32-28-38(33(19-13-10-8-5-2)27-37(32)30-16-14-11-15-17-30)34-22-25-36(29(6-3)26-34)31-20-23-35(39)24-21-31/h14,16,20,23,26-28,30H,4-13,15,17-19,21-22,24-25,39H2,1-3H3. The monoisotopic (exact) mass is 525 g/mol. The van der Waals surface area contributed by atoms with Gasteiger partial charge in [-0.2, -0.15) is 0 Å². The van der Waals surface area contributed by atoms with E-state index in [0.29, 0.717) is 5.92 Å². The molecule has 3 aliphatic carbocycles. The van der Waals surface area contributed by atoms with E-state index < -0.39 is 0 Å². The van der Waals surface area contributed by atoms with E-state index in [1.165, 1.54) is 95.5 Å². The third-order valence-electron chi connectivity index (χ3n) is 9.29. The summed E-state index contributed by atoms with van der Waals surface area (Å²) >= 11 is 0. The molecule has 1 aromatic carbocycles. The lowest BCUT2D eigenvalue weighted by Crippen LogP contribution is -2.10. The molecule has 0 saturated carbocycles. The Bertz CT molecular complexity index is 1110. The molecule has 0 spiro atoms. The number of allylic oxidation sites excluding steroid dienone is 10. The molecule has 4 rings (SSSR count). The summed E-state index contributed by atoms with van der Waals surface area (Å²) in [4.78, 5) is 0. The topological polar surface area (TPSA) is 26.0 Å². The highest BCUT2D eigenvalue weighted by molar-refractivity contribution is 5.74. The molecule has 1 nitrogen and oxygen atoms in total. The maximum Gasteiger partial charge on any atom is 0.00838 e. The van der Waals surface area contributed by atoms with Gasteiger partial charge in [-0.15, -0.1) is 0 Å². The quantitative estimate of drug-likeness (QED) is 0.190. The zero-order valence-corrected chi connectivity index (χ0v) is 25.4. The first kappa shape index (κ1) is 29.7. The van der Waals surface area contributed by atoms with E-state index in [9.17, 15) is 0 Å². The zero-order valence-electron chi connectivity index (χ0n) is 25.4. The molecule has 2 N–H and O–H groups in total. The third-order valence-corrected chi connectivity index (χ3v) is 9.29. The molecule has 0 saturated heterocycles. The second kappa shape index (κ2) is 15.5. The summed E-state index contributed by atoms with van der Waals surface area (Å²) in [5.41, 5.74) is 19.9. The van der Waals surface area contributed by atoms with Crippen LogP contribution in [0, 0.1) is 0 Å². The van der Waals surface area contributed by atoms with Crippen LogP contribution in [0.15, 0.2) is 64.9 Å². The highest BCUT2D eigenvalue weighted by atomic mass is 14.6. The number of aryl methyl sites for hydroxylation is 2. The Balaban J connectivity index is 1.73. The fourth-order valence-electron chi connectivity index (χ4n) is 6.92. The minimum atomic E-state index is 0.611. The molecule has 0 amide bonds. The molecule has 1 atom stereocenters.